The van der Waals surface area contributed by atoms with Gasteiger partial charge in [0.15, 0.2) is 5.82 Å². The number of aryl methyl sites for hydroxylation is 1. The molecule has 1 fully saturated rings. The first kappa shape index (κ1) is 18.7. The van der Waals surface area contributed by atoms with Gasteiger partial charge in [-0.1, -0.05) is 0 Å². The van der Waals surface area contributed by atoms with Gasteiger partial charge in [0.1, 0.15) is 0 Å². The molecule has 2 heterocycles. The number of nitrogens with zero attached hydrogens (tertiary/aromatic N) is 3. The zero-order chi connectivity index (χ0) is 18.0. The zero-order valence-corrected chi connectivity index (χ0v) is 13.8. The molecular weight excluding hydrogens is 325 g/mol. The number of carbonyl (C=O) groups excluding carboxylic acids is 1. The van der Waals surface area contributed by atoms with Gasteiger partial charge in [-0.05, 0) is 38.9 Å². The number of piperidine rings is 1. The van der Waals surface area contributed by atoms with Crippen molar-refractivity contribution in [3.8, 4) is 0 Å². The van der Waals surface area contributed by atoms with Gasteiger partial charge in [-0.2, -0.15) is 13.2 Å². The van der Waals surface area contributed by atoms with Gasteiger partial charge in [0.2, 0.25) is 11.5 Å². The standard InChI is InChI=1S/C15H23F3N4O2/c1-21-6-3-11(4-7-21)10-20-12(23)9-14(24,15(16,17)18)13-19-5-8-22(13)2/h5,8,11,24H,3-4,6-7,9-10H2,1-2H3,(H,20,23). The van der Waals surface area contributed by atoms with Crippen LogP contribution < -0.4 is 5.32 Å². The summed E-state index contributed by atoms with van der Waals surface area (Å²) in [5.74, 6) is -1.18. The van der Waals surface area contributed by atoms with E-state index in [0.29, 0.717) is 6.54 Å². The van der Waals surface area contributed by atoms with Gasteiger partial charge in [-0.15, -0.1) is 0 Å². The Labute approximate surface area is 138 Å². The second-order valence-corrected chi connectivity index (χ2v) is 6.45. The number of aromatic nitrogens is 2. The molecule has 0 saturated carbocycles. The Hall–Kier alpha value is -1.61. The molecule has 1 amide bonds. The summed E-state index contributed by atoms with van der Waals surface area (Å²) in [7, 11) is 3.35. The van der Waals surface area contributed by atoms with E-state index in [1.165, 1.54) is 13.2 Å². The minimum absolute atomic E-state index is 0.247. The molecule has 0 spiro atoms. The minimum Gasteiger partial charge on any atom is -0.374 e. The largest absolute Gasteiger partial charge is 0.425 e. The number of amides is 1. The number of alkyl halides is 3. The van der Waals surface area contributed by atoms with Crippen LogP contribution in [0.3, 0.4) is 0 Å². The summed E-state index contributed by atoms with van der Waals surface area (Å²) in [6, 6.07) is 0. The first-order chi connectivity index (χ1) is 11.1. The molecular formula is C15H23F3N4O2. The summed E-state index contributed by atoms with van der Waals surface area (Å²) in [6.07, 6.45) is -1.88. The van der Waals surface area contributed by atoms with E-state index in [9.17, 15) is 23.1 Å². The van der Waals surface area contributed by atoms with Crippen molar-refractivity contribution < 1.29 is 23.1 Å². The molecule has 1 aliphatic rings. The third kappa shape index (κ3) is 4.07. The molecule has 1 saturated heterocycles. The Morgan fingerprint density at radius 1 is 1.38 bits per heavy atom. The van der Waals surface area contributed by atoms with E-state index in [1.54, 1.807) is 0 Å². The van der Waals surface area contributed by atoms with Crippen LogP contribution in [0.1, 0.15) is 25.1 Å². The number of hydrogen-bond acceptors (Lipinski definition) is 4. The molecule has 0 aromatic carbocycles. The SMILES string of the molecule is CN1CCC(CNC(=O)CC(O)(c2nccn2C)C(F)(F)F)CC1. The van der Waals surface area contributed by atoms with Crippen molar-refractivity contribution in [1.29, 1.82) is 0 Å². The Morgan fingerprint density at radius 3 is 2.50 bits per heavy atom. The van der Waals surface area contributed by atoms with E-state index >= 15 is 0 Å². The van der Waals surface area contributed by atoms with Crippen LogP contribution in [0, 0.1) is 5.92 Å². The van der Waals surface area contributed by atoms with E-state index in [2.05, 4.69) is 15.2 Å². The first-order valence-electron chi connectivity index (χ1n) is 7.85. The van der Waals surface area contributed by atoms with Crippen molar-refractivity contribution in [2.75, 3.05) is 26.7 Å². The number of halogens is 3. The predicted octanol–water partition coefficient (Wildman–Crippen LogP) is 1.02. The van der Waals surface area contributed by atoms with Crippen LogP contribution in [0.2, 0.25) is 0 Å². The van der Waals surface area contributed by atoms with Gasteiger partial charge in [-0.25, -0.2) is 4.98 Å². The maximum atomic E-state index is 13.4. The highest BCUT2D eigenvalue weighted by molar-refractivity contribution is 5.77. The minimum atomic E-state index is -5.00. The molecule has 1 aliphatic heterocycles. The van der Waals surface area contributed by atoms with Crippen LogP contribution in [0.25, 0.3) is 0 Å². The maximum Gasteiger partial charge on any atom is 0.425 e. The van der Waals surface area contributed by atoms with Gasteiger partial charge in [0.05, 0.1) is 6.42 Å². The summed E-state index contributed by atoms with van der Waals surface area (Å²) >= 11 is 0. The van der Waals surface area contributed by atoms with Crippen molar-refractivity contribution in [3.63, 3.8) is 0 Å². The Kier molecular flexibility index (Phi) is 5.54. The molecule has 2 rings (SSSR count). The number of carbonyl (C=O) groups is 1. The lowest BCUT2D eigenvalue weighted by molar-refractivity contribution is -0.271. The fourth-order valence-corrected chi connectivity index (χ4v) is 2.89. The number of imidazole rings is 1. The first-order valence-corrected chi connectivity index (χ1v) is 7.85. The van der Waals surface area contributed by atoms with E-state index in [-0.39, 0.29) is 5.92 Å². The average molecular weight is 348 g/mol. The van der Waals surface area contributed by atoms with Crippen LogP contribution >= 0.6 is 0 Å². The summed E-state index contributed by atoms with van der Waals surface area (Å²) in [5.41, 5.74) is -3.30. The van der Waals surface area contributed by atoms with Crippen LogP contribution in [-0.2, 0) is 17.4 Å². The van der Waals surface area contributed by atoms with Crippen molar-refractivity contribution in [2.24, 2.45) is 13.0 Å². The van der Waals surface area contributed by atoms with Gasteiger partial charge < -0.3 is 19.9 Å². The molecule has 2 N–H and O–H groups in total. The average Bonchev–Trinajstić information content (AvgIpc) is 2.92. The Bertz CT molecular complexity index is 567. The summed E-state index contributed by atoms with van der Waals surface area (Å²) in [5, 5.41) is 12.7. The lowest BCUT2D eigenvalue weighted by atomic mass is 9.95. The maximum absolute atomic E-state index is 13.4. The molecule has 0 radical (unpaired) electrons. The number of hydrogen-bond donors (Lipinski definition) is 2. The smallest absolute Gasteiger partial charge is 0.374 e. The van der Waals surface area contributed by atoms with Gasteiger partial charge in [-0.3, -0.25) is 4.79 Å². The number of aliphatic hydroxyl groups is 1. The highest BCUT2D eigenvalue weighted by atomic mass is 19.4. The number of nitrogens with one attached hydrogen (secondary N) is 1. The van der Waals surface area contributed by atoms with Crippen molar-refractivity contribution in [1.82, 2.24) is 19.8 Å². The summed E-state index contributed by atoms with van der Waals surface area (Å²) < 4.78 is 41.1. The monoisotopic (exact) mass is 348 g/mol. The predicted molar refractivity (Wildman–Crippen MR) is 81.0 cm³/mol. The van der Waals surface area contributed by atoms with Crippen molar-refractivity contribution in [3.05, 3.63) is 18.2 Å². The molecule has 9 heteroatoms. The van der Waals surface area contributed by atoms with E-state index in [1.807, 2.05) is 7.05 Å². The normalized spacial score (nSPS) is 19.9. The number of likely N-dealkylation sites (tertiary alicyclic amines) is 1. The third-order valence-corrected chi connectivity index (χ3v) is 4.50. The molecule has 6 nitrogen and oxygen atoms in total. The van der Waals surface area contributed by atoms with Crippen molar-refractivity contribution >= 4 is 5.91 Å². The third-order valence-electron chi connectivity index (χ3n) is 4.50. The van der Waals surface area contributed by atoms with E-state index in [0.717, 1.165) is 36.7 Å². The molecule has 136 valence electrons. The Balaban J connectivity index is 2.00. The molecule has 0 aliphatic carbocycles. The molecule has 24 heavy (non-hydrogen) atoms. The van der Waals surface area contributed by atoms with E-state index < -0.39 is 29.9 Å². The number of rotatable bonds is 5. The topological polar surface area (TPSA) is 70.4 Å². The Morgan fingerprint density at radius 2 is 2.00 bits per heavy atom. The van der Waals surface area contributed by atoms with E-state index in [4.69, 9.17) is 0 Å². The summed E-state index contributed by atoms with van der Waals surface area (Å²) in [6.45, 7) is 2.13. The van der Waals surface area contributed by atoms with Crippen LogP contribution in [-0.4, -0.2) is 58.3 Å². The second kappa shape index (κ2) is 7.10. The lowest BCUT2D eigenvalue weighted by Crippen LogP contribution is -2.48. The van der Waals surface area contributed by atoms with Gasteiger partial charge in [0, 0.05) is 26.0 Å². The molecule has 1 aromatic rings. The molecule has 0 bridgehead atoms. The molecule has 1 unspecified atom stereocenters. The molecule has 1 atom stereocenters. The fraction of sp³-hybridized carbons (Fsp3) is 0.733. The highest BCUT2D eigenvalue weighted by Crippen LogP contribution is 2.40. The van der Waals surface area contributed by atoms with Crippen LogP contribution in [0.4, 0.5) is 13.2 Å². The quantitative estimate of drug-likeness (QED) is 0.834. The summed E-state index contributed by atoms with van der Waals surface area (Å²) in [4.78, 5) is 17.7. The fourth-order valence-electron chi connectivity index (χ4n) is 2.89. The zero-order valence-electron chi connectivity index (χ0n) is 13.8. The van der Waals surface area contributed by atoms with Crippen molar-refractivity contribution in [2.45, 2.75) is 31.0 Å². The van der Waals surface area contributed by atoms with Gasteiger partial charge >= 0.3 is 6.18 Å². The van der Waals surface area contributed by atoms with Crippen LogP contribution in [0.5, 0.6) is 0 Å². The second-order valence-electron chi connectivity index (χ2n) is 6.45. The van der Waals surface area contributed by atoms with Gasteiger partial charge in [0.25, 0.3) is 0 Å². The molecule has 1 aromatic heterocycles. The lowest BCUT2D eigenvalue weighted by Gasteiger charge is -2.31. The highest BCUT2D eigenvalue weighted by Gasteiger charge is 2.58. The van der Waals surface area contributed by atoms with Crippen LogP contribution in [0.15, 0.2) is 12.4 Å².